The number of aliphatic hydroxyl groups is 6. The standard InChI is InChI=1S/C16H18O10/c17-5-9-11(19)13(21)15(25-9)23-7-3-1-2-4-8(7)24-16-14(22)12(20)10(6-18)26-16/h1-4,9-12,17-22H,5-6H2/t9-,10-,11+,12+/m1/s1. The van der Waals surface area contributed by atoms with Crippen LogP contribution in [0, 0.1) is 0 Å². The third-order valence-corrected chi connectivity index (χ3v) is 3.81. The molecule has 0 aliphatic carbocycles. The van der Waals surface area contributed by atoms with E-state index in [2.05, 4.69) is 0 Å². The third-order valence-electron chi connectivity index (χ3n) is 3.81. The maximum Gasteiger partial charge on any atom is 0.327 e. The summed E-state index contributed by atoms with van der Waals surface area (Å²) in [6.07, 6.45) is -5.01. The predicted octanol–water partition coefficient (Wildman–Crippen LogP) is -0.598. The summed E-state index contributed by atoms with van der Waals surface area (Å²) in [5.74, 6) is -1.93. The van der Waals surface area contributed by atoms with Crippen molar-refractivity contribution in [2.75, 3.05) is 13.2 Å². The zero-order valence-corrected chi connectivity index (χ0v) is 13.3. The molecular weight excluding hydrogens is 352 g/mol. The van der Waals surface area contributed by atoms with Gasteiger partial charge in [-0.2, -0.15) is 0 Å². The zero-order valence-electron chi connectivity index (χ0n) is 13.3. The van der Waals surface area contributed by atoms with E-state index in [0.29, 0.717) is 0 Å². The first-order valence-corrected chi connectivity index (χ1v) is 7.68. The van der Waals surface area contributed by atoms with Gasteiger partial charge in [-0.05, 0) is 12.1 Å². The van der Waals surface area contributed by atoms with Gasteiger partial charge in [0.25, 0.3) is 0 Å². The number of hydrogen-bond donors (Lipinski definition) is 6. The van der Waals surface area contributed by atoms with Crippen molar-refractivity contribution < 1.29 is 49.6 Å². The van der Waals surface area contributed by atoms with Gasteiger partial charge < -0.3 is 49.6 Å². The third kappa shape index (κ3) is 3.22. The number of rotatable bonds is 6. The van der Waals surface area contributed by atoms with Crippen LogP contribution in [0.25, 0.3) is 0 Å². The number of ether oxygens (including phenoxy) is 4. The van der Waals surface area contributed by atoms with E-state index in [1.807, 2.05) is 0 Å². The molecular formula is C16H18O10. The van der Waals surface area contributed by atoms with Crippen LogP contribution in [0.3, 0.4) is 0 Å². The summed E-state index contributed by atoms with van der Waals surface area (Å²) >= 11 is 0. The average molecular weight is 370 g/mol. The minimum atomic E-state index is -1.44. The molecule has 0 bridgehead atoms. The minimum absolute atomic E-state index is 0.0330. The van der Waals surface area contributed by atoms with E-state index in [9.17, 15) is 20.4 Å². The summed E-state index contributed by atoms with van der Waals surface area (Å²) in [7, 11) is 0. The Hall–Kier alpha value is -2.66. The van der Waals surface area contributed by atoms with Crippen molar-refractivity contribution in [1.82, 2.24) is 0 Å². The summed E-state index contributed by atoms with van der Waals surface area (Å²) in [6.45, 7) is -1.07. The van der Waals surface area contributed by atoms with Gasteiger partial charge in [-0.3, -0.25) is 0 Å². The first kappa shape index (κ1) is 18.1. The molecule has 26 heavy (non-hydrogen) atoms. The monoisotopic (exact) mass is 370 g/mol. The normalized spacial score (nSPS) is 28.2. The molecule has 0 spiro atoms. The highest BCUT2D eigenvalue weighted by molar-refractivity contribution is 5.42. The molecule has 2 heterocycles. The van der Waals surface area contributed by atoms with Gasteiger partial charge >= 0.3 is 11.9 Å². The second kappa shape index (κ2) is 7.30. The topological polar surface area (TPSA) is 158 Å². The fourth-order valence-electron chi connectivity index (χ4n) is 2.36. The molecule has 0 radical (unpaired) electrons. The number of hydrogen-bond acceptors (Lipinski definition) is 10. The zero-order chi connectivity index (χ0) is 18.8. The maximum absolute atomic E-state index is 9.83. The van der Waals surface area contributed by atoms with E-state index in [1.165, 1.54) is 12.1 Å². The Morgan fingerprint density at radius 3 is 1.46 bits per heavy atom. The Bertz CT molecular complexity index is 666. The molecule has 3 rings (SSSR count). The van der Waals surface area contributed by atoms with Gasteiger partial charge in [0.05, 0.1) is 13.2 Å². The molecule has 2 aliphatic rings. The Morgan fingerprint density at radius 1 is 0.769 bits per heavy atom. The SMILES string of the molecule is OC[C@H]1OC(Oc2ccccc2OC2=C(O)[C@@H](O)[C@@H](CO)O2)=C(O)[C@H]1O. The highest BCUT2D eigenvalue weighted by Gasteiger charge is 2.39. The molecule has 0 saturated heterocycles. The number of benzene rings is 1. The lowest BCUT2D eigenvalue weighted by Crippen LogP contribution is -2.27. The summed E-state index contributed by atoms with van der Waals surface area (Å²) < 4.78 is 21.0. The van der Waals surface area contributed by atoms with Crippen LogP contribution in [0.1, 0.15) is 0 Å². The summed E-state index contributed by atoms with van der Waals surface area (Å²) in [4.78, 5) is 0. The fourth-order valence-corrected chi connectivity index (χ4v) is 2.36. The first-order valence-electron chi connectivity index (χ1n) is 7.68. The smallest absolute Gasteiger partial charge is 0.327 e. The summed E-state index contributed by atoms with van der Waals surface area (Å²) in [5, 5.41) is 57.3. The van der Waals surface area contributed by atoms with Crippen LogP contribution in [-0.2, 0) is 9.47 Å². The molecule has 0 fully saturated rings. The molecule has 1 aromatic carbocycles. The van der Waals surface area contributed by atoms with Crippen molar-refractivity contribution in [1.29, 1.82) is 0 Å². The van der Waals surface area contributed by atoms with Crippen molar-refractivity contribution in [3.63, 3.8) is 0 Å². The maximum atomic E-state index is 9.83. The molecule has 142 valence electrons. The Labute approximate surface area is 147 Å². The molecule has 0 amide bonds. The van der Waals surface area contributed by atoms with Crippen LogP contribution in [-0.4, -0.2) is 68.3 Å². The van der Waals surface area contributed by atoms with Gasteiger partial charge in [-0.15, -0.1) is 0 Å². The molecule has 0 aromatic heterocycles. The Balaban J connectivity index is 1.80. The summed E-state index contributed by atoms with van der Waals surface area (Å²) in [5.41, 5.74) is 0. The van der Waals surface area contributed by atoms with Crippen LogP contribution in [0.5, 0.6) is 11.5 Å². The van der Waals surface area contributed by atoms with Crippen molar-refractivity contribution in [2.45, 2.75) is 24.4 Å². The van der Waals surface area contributed by atoms with Gasteiger partial charge in [-0.1, -0.05) is 12.1 Å². The highest BCUT2D eigenvalue weighted by atomic mass is 16.7. The first-order chi connectivity index (χ1) is 12.5. The van der Waals surface area contributed by atoms with Crippen LogP contribution in [0.2, 0.25) is 0 Å². The van der Waals surface area contributed by atoms with Gasteiger partial charge in [0, 0.05) is 0 Å². The van der Waals surface area contributed by atoms with Crippen LogP contribution in [0.15, 0.2) is 47.7 Å². The molecule has 1 aromatic rings. The van der Waals surface area contributed by atoms with Crippen molar-refractivity contribution in [2.24, 2.45) is 0 Å². The molecule has 0 saturated carbocycles. The number of aliphatic hydroxyl groups excluding tert-OH is 6. The lowest BCUT2D eigenvalue weighted by atomic mass is 10.2. The van der Waals surface area contributed by atoms with E-state index < -0.39 is 61.0 Å². The Morgan fingerprint density at radius 2 is 1.15 bits per heavy atom. The molecule has 0 unspecified atom stereocenters. The molecule has 4 atom stereocenters. The average Bonchev–Trinajstić information content (AvgIpc) is 3.08. The minimum Gasteiger partial charge on any atom is -0.504 e. The second-order valence-electron chi connectivity index (χ2n) is 5.56. The van der Waals surface area contributed by atoms with E-state index in [4.69, 9.17) is 29.2 Å². The van der Waals surface area contributed by atoms with E-state index >= 15 is 0 Å². The van der Waals surface area contributed by atoms with Gasteiger partial charge in [0.2, 0.25) is 11.5 Å². The van der Waals surface area contributed by atoms with E-state index in [0.717, 1.165) is 0 Å². The molecule has 10 heteroatoms. The van der Waals surface area contributed by atoms with Crippen LogP contribution in [0.4, 0.5) is 0 Å². The summed E-state index contributed by atoms with van der Waals surface area (Å²) in [6, 6.07) is 6.07. The second-order valence-corrected chi connectivity index (χ2v) is 5.56. The van der Waals surface area contributed by atoms with Gasteiger partial charge in [0.1, 0.15) is 0 Å². The fraction of sp³-hybridized carbons (Fsp3) is 0.375. The van der Waals surface area contributed by atoms with Crippen molar-refractivity contribution >= 4 is 0 Å². The van der Waals surface area contributed by atoms with Crippen LogP contribution >= 0.6 is 0 Å². The van der Waals surface area contributed by atoms with E-state index in [1.54, 1.807) is 12.1 Å². The largest absolute Gasteiger partial charge is 0.504 e. The lowest BCUT2D eigenvalue weighted by Gasteiger charge is -2.15. The van der Waals surface area contributed by atoms with Crippen molar-refractivity contribution in [3.05, 3.63) is 47.7 Å². The molecule has 2 aliphatic heterocycles. The highest BCUT2D eigenvalue weighted by Crippen LogP contribution is 2.35. The quantitative estimate of drug-likeness (QED) is 0.382. The van der Waals surface area contributed by atoms with Gasteiger partial charge in [0.15, 0.2) is 35.9 Å². The molecule has 6 N–H and O–H groups in total. The van der Waals surface area contributed by atoms with Crippen molar-refractivity contribution in [3.8, 4) is 11.5 Å². The van der Waals surface area contributed by atoms with Crippen LogP contribution < -0.4 is 9.47 Å². The number of para-hydroxylation sites is 2. The molecule has 10 nitrogen and oxygen atoms in total. The van der Waals surface area contributed by atoms with Gasteiger partial charge in [-0.25, -0.2) is 0 Å². The Kier molecular flexibility index (Phi) is 5.09. The van der Waals surface area contributed by atoms with E-state index in [-0.39, 0.29) is 11.5 Å². The lowest BCUT2D eigenvalue weighted by molar-refractivity contribution is -0.0218. The predicted molar refractivity (Wildman–Crippen MR) is 82.9 cm³/mol.